The number of thiocarbonyl (C=S) groups is 1. The molecule has 21 heavy (non-hydrogen) atoms. The lowest BCUT2D eigenvalue weighted by Crippen LogP contribution is -2.48. The van der Waals surface area contributed by atoms with Gasteiger partial charge in [-0.2, -0.15) is 0 Å². The second-order valence-corrected chi connectivity index (χ2v) is 6.37. The van der Waals surface area contributed by atoms with E-state index in [1.807, 2.05) is 20.8 Å². The molecule has 1 aromatic carbocycles. The monoisotopic (exact) mass is 328 g/mol. The van der Waals surface area contributed by atoms with Crippen molar-refractivity contribution in [3.8, 4) is 5.75 Å². The number of rotatable bonds is 6. The van der Waals surface area contributed by atoms with Crippen molar-refractivity contribution in [1.29, 1.82) is 0 Å². The van der Waals surface area contributed by atoms with E-state index in [9.17, 15) is 4.79 Å². The summed E-state index contributed by atoms with van der Waals surface area (Å²) in [5.74, 6) is 0.211. The van der Waals surface area contributed by atoms with Crippen LogP contribution in [0.4, 0.5) is 0 Å². The van der Waals surface area contributed by atoms with Gasteiger partial charge in [-0.25, -0.2) is 0 Å². The average molecular weight is 329 g/mol. The number of ether oxygens (including phenoxy) is 1. The predicted octanol–water partition coefficient (Wildman–Crippen LogP) is 3.05. The summed E-state index contributed by atoms with van der Waals surface area (Å²) in [5, 5.41) is 3.42. The molecule has 0 saturated carbocycles. The zero-order valence-corrected chi connectivity index (χ0v) is 14.3. The SMILES string of the molecule is CCC(C)(C)NC(=O)C(C)Oc1cc(Cl)ccc1C(N)=S. The summed E-state index contributed by atoms with van der Waals surface area (Å²) in [6.45, 7) is 7.59. The fourth-order valence-electron chi connectivity index (χ4n) is 1.56. The molecule has 0 fully saturated rings. The summed E-state index contributed by atoms with van der Waals surface area (Å²) in [5.41, 5.74) is 5.92. The predicted molar refractivity (Wildman–Crippen MR) is 89.9 cm³/mol. The van der Waals surface area contributed by atoms with Gasteiger partial charge >= 0.3 is 0 Å². The van der Waals surface area contributed by atoms with Gasteiger partial charge in [-0.15, -0.1) is 0 Å². The van der Waals surface area contributed by atoms with E-state index in [0.717, 1.165) is 6.42 Å². The fourth-order valence-corrected chi connectivity index (χ4v) is 1.90. The summed E-state index contributed by atoms with van der Waals surface area (Å²) < 4.78 is 5.68. The minimum atomic E-state index is -0.678. The molecular weight excluding hydrogens is 308 g/mol. The quantitative estimate of drug-likeness (QED) is 0.788. The third-order valence-electron chi connectivity index (χ3n) is 3.23. The van der Waals surface area contributed by atoms with E-state index in [1.165, 1.54) is 0 Å². The molecule has 0 bridgehead atoms. The van der Waals surface area contributed by atoms with Crippen LogP contribution in [0.1, 0.15) is 39.7 Å². The third-order valence-corrected chi connectivity index (χ3v) is 3.68. The van der Waals surface area contributed by atoms with E-state index in [-0.39, 0.29) is 16.4 Å². The van der Waals surface area contributed by atoms with Crippen molar-refractivity contribution < 1.29 is 9.53 Å². The van der Waals surface area contributed by atoms with Gasteiger partial charge < -0.3 is 15.8 Å². The number of halogens is 1. The molecule has 0 saturated heterocycles. The van der Waals surface area contributed by atoms with Gasteiger partial charge in [0.15, 0.2) is 6.10 Å². The molecule has 1 unspecified atom stereocenters. The molecule has 3 N–H and O–H groups in total. The Balaban J connectivity index is 2.88. The molecule has 0 aliphatic carbocycles. The summed E-state index contributed by atoms with van der Waals surface area (Å²) in [7, 11) is 0. The summed E-state index contributed by atoms with van der Waals surface area (Å²) in [6, 6.07) is 4.96. The first-order valence-electron chi connectivity index (χ1n) is 6.74. The highest BCUT2D eigenvalue weighted by Crippen LogP contribution is 2.24. The highest BCUT2D eigenvalue weighted by Gasteiger charge is 2.23. The van der Waals surface area contributed by atoms with Crippen LogP contribution in [-0.4, -0.2) is 22.5 Å². The molecule has 1 aromatic rings. The van der Waals surface area contributed by atoms with Gasteiger partial charge in [0.1, 0.15) is 10.7 Å². The van der Waals surface area contributed by atoms with Crippen molar-refractivity contribution >= 4 is 34.7 Å². The zero-order chi connectivity index (χ0) is 16.2. The van der Waals surface area contributed by atoms with Gasteiger partial charge in [0.25, 0.3) is 5.91 Å². The highest BCUT2D eigenvalue weighted by molar-refractivity contribution is 7.80. The minimum Gasteiger partial charge on any atom is -0.480 e. The second-order valence-electron chi connectivity index (χ2n) is 5.49. The molecule has 0 heterocycles. The first-order valence-corrected chi connectivity index (χ1v) is 7.53. The van der Waals surface area contributed by atoms with Crippen LogP contribution in [0.3, 0.4) is 0 Å². The van der Waals surface area contributed by atoms with Crippen molar-refractivity contribution in [2.75, 3.05) is 0 Å². The van der Waals surface area contributed by atoms with Gasteiger partial charge in [0, 0.05) is 10.6 Å². The maximum absolute atomic E-state index is 12.2. The van der Waals surface area contributed by atoms with Gasteiger partial charge in [-0.3, -0.25) is 4.79 Å². The molecule has 4 nitrogen and oxygen atoms in total. The molecule has 1 rings (SSSR count). The van der Waals surface area contributed by atoms with Crippen LogP contribution in [0, 0.1) is 0 Å². The van der Waals surface area contributed by atoms with E-state index < -0.39 is 6.10 Å². The largest absolute Gasteiger partial charge is 0.480 e. The third kappa shape index (κ3) is 5.17. The molecule has 116 valence electrons. The maximum Gasteiger partial charge on any atom is 0.261 e. The van der Waals surface area contributed by atoms with Crippen LogP contribution in [0.15, 0.2) is 18.2 Å². The maximum atomic E-state index is 12.2. The van der Waals surface area contributed by atoms with E-state index in [4.69, 9.17) is 34.3 Å². The van der Waals surface area contributed by atoms with Crippen LogP contribution < -0.4 is 15.8 Å². The van der Waals surface area contributed by atoms with Crippen LogP contribution in [-0.2, 0) is 4.79 Å². The Labute approximate surface area is 136 Å². The standard InChI is InChI=1S/C15H21ClN2O2S/c1-5-15(3,4)18-14(19)9(2)20-12-8-10(16)6-7-11(12)13(17)21/h6-9H,5H2,1-4H3,(H2,17,21)(H,18,19). The summed E-state index contributed by atoms with van der Waals surface area (Å²) in [6.07, 6.45) is 0.142. The van der Waals surface area contributed by atoms with Crippen LogP contribution in [0.2, 0.25) is 5.02 Å². The van der Waals surface area contributed by atoms with Gasteiger partial charge in [0.05, 0.1) is 5.56 Å². The van der Waals surface area contributed by atoms with Gasteiger partial charge in [-0.1, -0.05) is 30.7 Å². The van der Waals surface area contributed by atoms with Gasteiger partial charge in [0.2, 0.25) is 0 Å². The van der Waals surface area contributed by atoms with E-state index in [2.05, 4.69) is 5.32 Å². The smallest absolute Gasteiger partial charge is 0.261 e. The average Bonchev–Trinajstić information content (AvgIpc) is 2.37. The molecular formula is C15H21ClN2O2S. The zero-order valence-electron chi connectivity index (χ0n) is 12.7. The van der Waals surface area contributed by atoms with Crippen molar-refractivity contribution in [2.45, 2.75) is 45.8 Å². The number of benzene rings is 1. The summed E-state index contributed by atoms with van der Waals surface area (Å²) in [4.78, 5) is 12.4. The first kappa shape index (κ1) is 17.7. The molecule has 1 amide bonds. The molecule has 0 aromatic heterocycles. The van der Waals surface area contributed by atoms with Crippen molar-refractivity contribution in [2.24, 2.45) is 5.73 Å². The fraction of sp³-hybridized carbons (Fsp3) is 0.467. The Hall–Kier alpha value is -1.33. The number of hydrogen-bond acceptors (Lipinski definition) is 3. The van der Waals surface area contributed by atoms with E-state index in [0.29, 0.717) is 16.3 Å². The number of nitrogens with two attached hydrogens (primary N) is 1. The number of hydrogen-bond donors (Lipinski definition) is 2. The number of nitrogens with one attached hydrogen (secondary N) is 1. The Bertz CT molecular complexity index is 546. The Kier molecular flexibility index (Phi) is 5.98. The van der Waals surface area contributed by atoms with Crippen LogP contribution in [0.25, 0.3) is 0 Å². The van der Waals surface area contributed by atoms with Crippen molar-refractivity contribution in [3.63, 3.8) is 0 Å². The Morgan fingerprint density at radius 3 is 2.67 bits per heavy atom. The molecule has 1 atom stereocenters. The second kappa shape index (κ2) is 7.09. The number of amides is 1. The summed E-state index contributed by atoms with van der Waals surface area (Å²) >= 11 is 10.9. The van der Waals surface area contributed by atoms with E-state index >= 15 is 0 Å². The first-order chi connectivity index (χ1) is 9.66. The van der Waals surface area contributed by atoms with Crippen LogP contribution in [0.5, 0.6) is 5.75 Å². The molecule has 0 spiro atoms. The topological polar surface area (TPSA) is 64.3 Å². The lowest BCUT2D eigenvalue weighted by atomic mass is 10.0. The minimum absolute atomic E-state index is 0.197. The highest BCUT2D eigenvalue weighted by atomic mass is 35.5. The lowest BCUT2D eigenvalue weighted by molar-refractivity contribution is -0.128. The Morgan fingerprint density at radius 2 is 2.14 bits per heavy atom. The Morgan fingerprint density at radius 1 is 1.52 bits per heavy atom. The number of carbonyl (C=O) groups excluding carboxylic acids is 1. The molecule has 0 radical (unpaired) electrons. The van der Waals surface area contributed by atoms with Gasteiger partial charge in [-0.05, 0) is 45.4 Å². The normalized spacial score (nSPS) is 12.6. The number of carbonyl (C=O) groups is 1. The molecule has 0 aliphatic rings. The molecule has 6 heteroatoms. The van der Waals surface area contributed by atoms with Crippen LogP contribution >= 0.6 is 23.8 Å². The van der Waals surface area contributed by atoms with Crippen molar-refractivity contribution in [1.82, 2.24) is 5.32 Å². The lowest BCUT2D eigenvalue weighted by Gasteiger charge is -2.27. The van der Waals surface area contributed by atoms with Crippen molar-refractivity contribution in [3.05, 3.63) is 28.8 Å². The molecule has 0 aliphatic heterocycles. The van der Waals surface area contributed by atoms with E-state index in [1.54, 1.807) is 25.1 Å².